The predicted molar refractivity (Wildman–Crippen MR) is 110 cm³/mol. The molecule has 32 heavy (non-hydrogen) atoms. The summed E-state index contributed by atoms with van der Waals surface area (Å²) in [7, 11) is 0. The lowest BCUT2D eigenvalue weighted by atomic mass is 9.71. The van der Waals surface area contributed by atoms with Gasteiger partial charge in [-0.1, -0.05) is 24.3 Å². The number of alkyl halides is 3. The highest BCUT2D eigenvalue weighted by Crippen LogP contribution is 2.42. The van der Waals surface area contributed by atoms with Crippen LogP contribution in [0.2, 0.25) is 0 Å². The Morgan fingerprint density at radius 2 is 1.72 bits per heavy atom. The van der Waals surface area contributed by atoms with Crippen LogP contribution in [0.15, 0.2) is 60.8 Å². The van der Waals surface area contributed by atoms with Gasteiger partial charge in [-0.3, -0.25) is 9.78 Å². The maximum atomic E-state index is 13.1. The van der Waals surface area contributed by atoms with Gasteiger partial charge in [0, 0.05) is 17.3 Å². The summed E-state index contributed by atoms with van der Waals surface area (Å²) >= 11 is 0. The first-order valence-electron chi connectivity index (χ1n) is 10.1. The molecule has 4 nitrogen and oxygen atoms in total. The molecule has 1 aliphatic carbocycles. The fraction of sp³-hybridized carbons (Fsp3) is 0.250. The van der Waals surface area contributed by atoms with Crippen molar-refractivity contribution in [2.45, 2.75) is 37.6 Å². The zero-order chi connectivity index (χ0) is 22.9. The average Bonchev–Trinajstić information content (AvgIpc) is 2.75. The lowest BCUT2D eigenvalue weighted by Gasteiger charge is -2.43. The van der Waals surface area contributed by atoms with Crippen molar-refractivity contribution in [1.82, 2.24) is 10.3 Å². The maximum absolute atomic E-state index is 13.1. The van der Waals surface area contributed by atoms with Crippen LogP contribution in [0, 0.1) is 5.82 Å². The van der Waals surface area contributed by atoms with Gasteiger partial charge in [-0.15, -0.1) is 0 Å². The van der Waals surface area contributed by atoms with Gasteiger partial charge in [-0.2, -0.15) is 13.2 Å². The third kappa shape index (κ3) is 4.23. The first-order valence-corrected chi connectivity index (χ1v) is 10.1. The molecule has 0 bridgehead atoms. The molecule has 1 fully saturated rings. The summed E-state index contributed by atoms with van der Waals surface area (Å²) in [5, 5.41) is 12.6. The van der Waals surface area contributed by atoms with E-state index in [1.807, 2.05) is 12.1 Å². The fourth-order valence-electron chi connectivity index (χ4n) is 3.92. The number of aliphatic hydroxyl groups is 1. The second-order valence-electron chi connectivity index (χ2n) is 7.86. The Bertz CT molecular complexity index is 1120. The molecule has 2 aromatic carbocycles. The predicted octanol–water partition coefficient (Wildman–Crippen LogP) is 5.21. The molecule has 3 aromatic rings. The number of pyridine rings is 1. The van der Waals surface area contributed by atoms with Crippen LogP contribution in [0.25, 0.3) is 11.1 Å². The van der Waals surface area contributed by atoms with E-state index in [1.54, 1.807) is 12.1 Å². The lowest BCUT2D eigenvalue weighted by molar-refractivity contribution is -0.141. The van der Waals surface area contributed by atoms with E-state index in [9.17, 15) is 27.5 Å². The molecule has 166 valence electrons. The smallest absolute Gasteiger partial charge is 0.392 e. The van der Waals surface area contributed by atoms with Gasteiger partial charge in [0.15, 0.2) is 0 Å². The van der Waals surface area contributed by atoms with E-state index in [0.29, 0.717) is 16.7 Å². The minimum atomic E-state index is -4.59. The highest BCUT2D eigenvalue weighted by Gasteiger charge is 2.40. The molecule has 0 unspecified atom stereocenters. The number of benzene rings is 2. The van der Waals surface area contributed by atoms with E-state index in [2.05, 4.69) is 10.3 Å². The molecule has 1 saturated carbocycles. The summed E-state index contributed by atoms with van der Waals surface area (Å²) in [5.74, 6) is -0.723. The van der Waals surface area contributed by atoms with Crippen LogP contribution in [-0.2, 0) is 18.3 Å². The molecule has 1 aliphatic rings. The van der Waals surface area contributed by atoms with Crippen molar-refractivity contribution < 1.29 is 27.5 Å². The molecule has 2 N–H and O–H groups in total. The molecule has 8 heteroatoms. The Morgan fingerprint density at radius 1 is 1.06 bits per heavy atom. The highest BCUT2D eigenvalue weighted by atomic mass is 19.4. The van der Waals surface area contributed by atoms with E-state index >= 15 is 0 Å². The van der Waals surface area contributed by atoms with Gasteiger partial charge >= 0.3 is 6.18 Å². The molecule has 4 rings (SSSR count). The van der Waals surface area contributed by atoms with Crippen molar-refractivity contribution >= 4 is 5.91 Å². The summed E-state index contributed by atoms with van der Waals surface area (Å²) in [6, 6.07) is 13.3. The van der Waals surface area contributed by atoms with Crippen LogP contribution < -0.4 is 5.32 Å². The minimum absolute atomic E-state index is 0.128. The van der Waals surface area contributed by atoms with Crippen molar-refractivity contribution in [1.29, 1.82) is 0 Å². The molecular formula is C24H20F4N2O2. The first kappa shape index (κ1) is 22.0. The van der Waals surface area contributed by atoms with Crippen molar-refractivity contribution in [2.75, 3.05) is 0 Å². The van der Waals surface area contributed by atoms with Gasteiger partial charge in [-0.25, -0.2) is 4.39 Å². The largest absolute Gasteiger partial charge is 0.433 e. The van der Waals surface area contributed by atoms with Crippen LogP contribution >= 0.6 is 0 Å². The monoisotopic (exact) mass is 444 g/mol. The molecule has 1 heterocycles. The number of nitrogens with zero attached hydrogens (tertiary/aromatic N) is 1. The highest BCUT2D eigenvalue weighted by molar-refractivity contribution is 5.94. The molecular weight excluding hydrogens is 424 g/mol. The van der Waals surface area contributed by atoms with E-state index in [-0.39, 0.29) is 11.5 Å². The number of amides is 1. The summed E-state index contributed by atoms with van der Waals surface area (Å²) in [6.07, 6.45) is -1.07. The zero-order valence-corrected chi connectivity index (χ0v) is 16.9. The average molecular weight is 444 g/mol. The number of nitrogens with one attached hydrogen (secondary N) is 1. The topological polar surface area (TPSA) is 62.2 Å². The molecule has 0 aliphatic heterocycles. The normalized spacial score (nSPS) is 15.2. The zero-order valence-electron chi connectivity index (χ0n) is 16.9. The van der Waals surface area contributed by atoms with Gasteiger partial charge in [0.2, 0.25) is 0 Å². The number of aliphatic hydroxyl groups excluding tert-OH is 1. The summed E-state index contributed by atoms with van der Waals surface area (Å²) < 4.78 is 51.9. The number of aromatic nitrogens is 1. The Balaban J connectivity index is 1.59. The van der Waals surface area contributed by atoms with E-state index in [1.165, 1.54) is 24.3 Å². The SMILES string of the molecule is O=C(NC1(c2ccc(-c3cnc(C(F)(F)F)cc3CO)cc2)CCC1)c1ccc(F)cc1. The molecule has 1 amide bonds. The molecule has 0 atom stereocenters. The van der Waals surface area contributed by atoms with Crippen LogP contribution in [0.5, 0.6) is 0 Å². The fourth-order valence-corrected chi connectivity index (χ4v) is 3.92. The number of carbonyl (C=O) groups excluding carboxylic acids is 1. The molecule has 0 saturated heterocycles. The standard InChI is InChI=1S/C24H20F4N2O2/c25-19-8-4-16(5-9-19)22(32)30-23(10-1-11-23)18-6-2-15(3-7-18)20-13-29-21(24(26,27)28)12-17(20)14-31/h2-9,12-13,31H,1,10-11,14H2,(H,30,32). The third-order valence-electron chi connectivity index (χ3n) is 5.87. The second kappa shape index (κ2) is 8.35. The van der Waals surface area contributed by atoms with E-state index in [4.69, 9.17) is 0 Å². The summed E-state index contributed by atoms with van der Waals surface area (Å²) in [5.41, 5.74) is 0.763. The molecule has 1 aromatic heterocycles. The van der Waals surface area contributed by atoms with Gasteiger partial charge in [0.1, 0.15) is 11.5 Å². The number of rotatable bonds is 5. The Morgan fingerprint density at radius 3 is 2.25 bits per heavy atom. The van der Waals surface area contributed by atoms with E-state index < -0.39 is 29.8 Å². The van der Waals surface area contributed by atoms with Gasteiger partial charge in [-0.05, 0) is 66.3 Å². The van der Waals surface area contributed by atoms with Crippen LogP contribution in [-0.4, -0.2) is 16.0 Å². The van der Waals surface area contributed by atoms with Crippen molar-refractivity contribution in [3.63, 3.8) is 0 Å². The van der Waals surface area contributed by atoms with Crippen LogP contribution in [0.3, 0.4) is 0 Å². The third-order valence-corrected chi connectivity index (χ3v) is 5.87. The lowest BCUT2D eigenvalue weighted by Crippen LogP contribution is -2.50. The van der Waals surface area contributed by atoms with E-state index in [0.717, 1.165) is 37.1 Å². The van der Waals surface area contributed by atoms with Crippen LogP contribution in [0.4, 0.5) is 17.6 Å². The number of halogens is 4. The Hall–Kier alpha value is -3.26. The summed E-state index contributed by atoms with van der Waals surface area (Å²) in [4.78, 5) is 16.2. The molecule has 0 radical (unpaired) electrons. The number of hydrogen-bond acceptors (Lipinski definition) is 3. The Kier molecular flexibility index (Phi) is 5.73. The minimum Gasteiger partial charge on any atom is -0.392 e. The van der Waals surface area contributed by atoms with Crippen molar-refractivity contribution in [2.24, 2.45) is 0 Å². The quantitative estimate of drug-likeness (QED) is 0.532. The van der Waals surface area contributed by atoms with Crippen molar-refractivity contribution in [3.8, 4) is 11.1 Å². The number of carbonyl (C=O) groups is 1. The second-order valence-corrected chi connectivity index (χ2v) is 7.86. The Labute approximate surface area is 181 Å². The van der Waals surface area contributed by atoms with Gasteiger partial charge in [0.05, 0.1) is 12.1 Å². The first-order chi connectivity index (χ1) is 15.2. The van der Waals surface area contributed by atoms with Crippen molar-refractivity contribution in [3.05, 3.63) is 89.0 Å². The maximum Gasteiger partial charge on any atom is 0.433 e. The molecule has 0 spiro atoms. The van der Waals surface area contributed by atoms with Crippen LogP contribution in [0.1, 0.15) is 46.4 Å². The van der Waals surface area contributed by atoms with Gasteiger partial charge in [0.25, 0.3) is 5.91 Å². The van der Waals surface area contributed by atoms with Gasteiger partial charge < -0.3 is 10.4 Å². The summed E-state index contributed by atoms with van der Waals surface area (Å²) in [6.45, 7) is -0.555. The number of hydrogen-bond donors (Lipinski definition) is 2.